The molecule has 6 atom stereocenters. The number of rotatable bonds is 6. The summed E-state index contributed by atoms with van der Waals surface area (Å²) >= 11 is 0. The number of methoxy groups -OCH3 is 1. The first kappa shape index (κ1) is 31.7. The van der Waals surface area contributed by atoms with Crippen LogP contribution in [-0.4, -0.2) is 35.6 Å². The smallest absolute Gasteiger partial charge is 0.238 e. The fourth-order valence-corrected chi connectivity index (χ4v) is 9.29. The van der Waals surface area contributed by atoms with Gasteiger partial charge >= 0.3 is 0 Å². The summed E-state index contributed by atoms with van der Waals surface area (Å²) in [5.74, 6) is -4.46. The third-order valence-electron chi connectivity index (χ3n) is 11.5. The number of ether oxygens (including phenoxy) is 1. The van der Waals surface area contributed by atoms with Gasteiger partial charge in [0.05, 0.1) is 30.0 Å². The lowest BCUT2D eigenvalue weighted by molar-refractivity contribution is -0.135. The molecule has 250 valence electrons. The van der Waals surface area contributed by atoms with Gasteiger partial charge in [-0.05, 0) is 66.1 Å². The van der Waals surface area contributed by atoms with Crippen molar-refractivity contribution >= 4 is 34.6 Å². The zero-order chi connectivity index (χ0) is 34.7. The van der Waals surface area contributed by atoms with E-state index in [-0.39, 0.29) is 41.3 Å². The summed E-state index contributed by atoms with van der Waals surface area (Å²) in [7, 11) is 1.47. The minimum atomic E-state index is -1.43. The Kier molecular flexibility index (Phi) is 7.66. The number of carbonyl (C=O) groups excluding carboxylic acids is 4. The molecule has 1 aliphatic heterocycles. The third-order valence-corrected chi connectivity index (χ3v) is 11.5. The highest BCUT2D eigenvalue weighted by Gasteiger charge is 2.66. The molecular formula is C43H37NO6. The number of para-hydroxylation sites is 1. The predicted octanol–water partition coefficient (Wildman–Crippen LogP) is 6.99. The molecule has 7 nitrogen and oxygen atoms in total. The van der Waals surface area contributed by atoms with Gasteiger partial charge in [-0.3, -0.25) is 24.1 Å². The number of aromatic hydroxyl groups is 1. The molecule has 1 N–H and O–H groups in total. The van der Waals surface area contributed by atoms with Gasteiger partial charge in [-0.15, -0.1) is 0 Å². The lowest BCUT2D eigenvalue weighted by Gasteiger charge is -2.55. The van der Waals surface area contributed by atoms with Gasteiger partial charge in [-0.25, -0.2) is 0 Å². The fourth-order valence-electron chi connectivity index (χ4n) is 9.29. The molecule has 6 unspecified atom stereocenters. The Bertz CT molecular complexity index is 2100. The number of fused-ring (bicyclic) bond motifs is 4. The number of hydrogen-bond acceptors (Lipinski definition) is 6. The van der Waals surface area contributed by atoms with Crippen molar-refractivity contribution in [3.63, 3.8) is 0 Å². The number of anilines is 1. The number of Topliss-reactive ketones (excluding diaryl/α,β-unsaturated/α-hetero) is 1. The van der Waals surface area contributed by atoms with Crippen LogP contribution in [0, 0.1) is 23.7 Å². The van der Waals surface area contributed by atoms with Crippen LogP contribution in [0.5, 0.6) is 11.5 Å². The number of aryl methyl sites for hydroxylation is 1. The molecule has 2 fully saturated rings. The van der Waals surface area contributed by atoms with E-state index in [0.717, 1.165) is 17.6 Å². The second-order valence-electron chi connectivity index (χ2n) is 13.7. The van der Waals surface area contributed by atoms with Crippen molar-refractivity contribution in [2.45, 2.75) is 37.5 Å². The lowest BCUT2D eigenvalue weighted by Crippen LogP contribution is -2.58. The SMILES string of the molecule is CCc1ccc(N2C(=O)C3CC=C4C(CC5C(=O)C(c6ccccc6)=CC(=O)C5(c5ccccc5)C4c4cccc(OC)c4O)C3C2=O)cc1. The summed E-state index contributed by atoms with van der Waals surface area (Å²) in [6.07, 6.45) is 4.80. The maximum Gasteiger partial charge on any atom is 0.238 e. The Balaban J connectivity index is 1.36. The first-order valence-corrected chi connectivity index (χ1v) is 17.2. The topological polar surface area (TPSA) is 101 Å². The maximum atomic E-state index is 15.1. The summed E-state index contributed by atoms with van der Waals surface area (Å²) in [5.41, 5.74) is 3.05. The molecule has 4 aliphatic rings. The minimum Gasteiger partial charge on any atom is -0.504 e. The maximum absolute atomic E-state index is 15.1. The Morgan fingerprint density at radius 1 is 0.820 bits per heavy atom. The van der Waals surface area contributed by atoms with Gasteiger partial charge in [-0.2, -0.15) is 0 Å². The van der Waals surface area contributed by atoms with E-state index in [1.807, 2.05) is 97.9 Å². The molecule has 4 aromatic carbocycles. The number of phenolic OH excluding ortho intramolecular Hbond substituents is 1. The van der Waals surface area contributed by atoms with Crippen LogP contribution < -0.4 is 9.64 Å². The van der Waals surface area contributed by atoms with Crippen LogP contribution >= 0.6 is 0 Å². The molecule has 1 saturated carbocycles. The van der Waals surface area contributed by atoms with Crippen LogP contribution in [0.4, 0.5) is 5.69 Å². The molecule has 0 spiro atoms. The summed E-state index contributed by atoms with van der Waals surface area (Å²) in [6, 6.07) is 31.2. The van der Waals surface area contributed by atoms with E-state index < -0.39 is 35.0 Å². The van der Waals surface area contributed by atoms with Crippen molar-refractivity contribution in [2.75, 3.05) is 12.0 Å². The average molecular weight is 664 g/mol. The normalized spacial score (nSPS) is 27.2. The van der Waals surface area contributed by atoms with E-state index in [2.05, 4.69) is 0 Å². The van der Waals surface area contributed by atoms with E-state index >= 15 is 9.59 Å². The van der Waals surface area contributed by atoms with E-state index in [4.69, 9.17) is 4.74 Å². The minimum absolute atomic E-state index is 0.123. The largest absolute Gasteiger partial charge is 0.504 e. The third kappa shape index (κ3) is 4.49. The highest BCUT2D eigenvalue weighted by Crippen LogP contribution is 2.65. The molecule has 4 aromatic rings. The zero-order valence-electron chi connectivity index (χ0n) is 27.9. The molecule has 50 heavy (non-hydrogen) atoms. The van der Waals surface area contributed by atoms with Crippen molar-refractivity contribution in [3.05, 3.63) is 143 Å². The van der Waals surface area contributed by atoms with Crippen LogP contribution in [-0.2, 0) is 31.0 Å². The summed E-state index contributed by atoms with van der Waals surface area (Å²) in [6.45, 7) is 2.05. The van der Waals surface area contributed by atoms with Crippen molar-refractivity contribution in [1.29, 1.82) is 0 Å². The van der Waals surface area contributed by atoms with Crippen LogP contribution in [0.3, 0.4) is 0 Å². The molecule has 3 aliphatic carbocycles. The van der Waals surface area contributed by atoms with Gasteiger partial charge in [0, 0.05) is 23.0 Å². The Morgan fingerprint density at radius 2 is 1.52 bits per heavy atom. The number of benzene rings is 4. The molecule has 8 rings (SSSR count). The van der Waals surface area contributed by atoms with Gasteiger partial charge in [-0.1, -0.05) is 104 Å². The number of phenols is 1. The fraction of sp³-hybridized carbons (Fsp3) is 0.256. The molecule has 1 saturated heterocycles. The predicted molar refractivity (Wildman–Crippen MR) is 190 cm³/mol. The van der Waals surface area contributed by atoms with Crippen molar-refractivity contribution in [3.8, 4) is 11.5 Å². The van der Waals surface area contributed by atoms with E-state index in [1.54, 1.807) is 18.2 Å². The zero-order valence-corrected chi connectivity index (χ0v) is 27.9. The number of amides is 2. The molecule has 0 radical (unpaired) electrons. The second kappa shape index (κ2) is 12.1. The Labute approximate surface area is 290 Å². The van der Waals surface area contributed by atoms with Crippen molar-refractivity contribution < 1.29 is 29.0 Å². The molecule has 1 heterocycles. The number of imide groups is 1. The number of allylic oxidation sites excluding steroid dienone is 4. The van der Waals surface area contributed by atoms with Crippen molar-refractivity contribution in [2.24, 2.45) is 23.7 Å². The van der Waals surface area contributed by atoms with E-state index in [1.165, 1.54) is 18.1 Å². The summed E-state index contributed by atoms with van der Waals surface area (Å²) in [5, 5.41) is 11.8. The molecule has 2 amide bonds. The van der Waals surface area contributed by atoms with Crippen LogP contribution in [0.15, 0.2) is 121 Å². The summed E-state index contributed by atoms with van der Waals surface area (Å²) < 4.78 is 5.55. The highest BCUT2D eigenvalue weighted by molar-refractivity contribution is 6.32. The number of nitrogens with zero attached hydrogens (tertiary/aromatic N) is 1. The molecular weight excluding hydrogens is 626 g/mol. The first-order chi connectivity index (χ1) is 24.3. The van der Waals surface area contributed by atoms with Crippen LogP contribution in [0.1, 0.15) is 47.9 Å². The lowest BCUT2D eigenvalue weighted by atomic mass is 9.44. The molecule has 0 aromatic heterocycles. The van der Waals surface area contributed by atoms with Gasteiger partial charge in [0.25, 0.3) is 0 Å². The van der Waals surface area contributed by atoms with E-state index in [0.29, 0.717) is 34.4 Å². The van der Waals surface area contributed by atoms with Gasteiger partial charge in [0.2, 0.25) is 11.8 Å². The van der Waals surface area contributed by atoms with Crippen molar-refractivity contribution in [1.82, 2.24) is 0 Å². The number of hydrogen-bond donors (Lipinski definition) is 1. The van der Waals surface area contributed by atoms with Gasteiger partial charge in [0.15, 0.2) is 23.1 Å². The monoisotopic (exact) mass is 663 g/mol. The number of carbonyl (C=O) groups is 4. The van der Waals surface area contributed by atoms with Gasteiger partial charge in [0.1, 0.15) is 0 Å². The average Bonchev–Trinajstić information content (AvgIpc) is 3.42. The standard InChI is InChI=1S/C43H37NO6/c1-3-25-17-19-28(20-18-25)44-41(48)30-22-21-29-33(37(30)42(44)49)23-34-39(46)32(26-11-6-4-7-12-26)24-36(45)43(34,27-13-8-5-9-14-27)38(29)31-15-10-16-35(50-2)40(31)47/h4-21,24,30,33-34,37-38,47H,3,22-23H2,1-2H3. The number of ketones is 2. The molecule has 7 heteroatoms. The molecule has 0 bridgehead atoms. The first-order valence-electron chi connectivity index (χ1n) is 17.2. The quantitative estimate of drug-likeness (QED) is 0.176. The van der Waals surface area contributed by atoms with Crippen LogP contribution in [0.25, 0.3) is 5.57 Å². The highest BCUT2D eigenvalue weighted by atomic mass is 16.5. The Hall–Kier alpha value is -5.56. The van der Waals surface area contributed by atoms with E-state index in [9.17, 15) is 14.7 Å². The van der Waals surface area contributed by atoms with Crippen LogP contribution in [0.2, 0.25) is 0 Å². The second-order valence-corrected chi connectivity index (χ2v) is 13.7. The summed E-state index contributed by atoms with van der Waals surface area (Å²) in [4.78, 5) is 60.1. The van der Waals surface area contributed by atoms with Gasteiger partial charge < -0.3 is 9.84 Å². The Morgan fingerprint density at radius 3 is 2.20 bits per heavy atom.